The number of imidazole rings is 1. The Morgan fingerprint density at radius 2 is 1.83 bits per heavy atom. The number of halogens is 1. The highest BCUT2D eigenvalue weighted by molar-refractivity contribution is 6.30. The molecule has 0 saturated carbocycles. The summed E-state index contributed by atoms with van der Waals surface area (Å²) in [5, 5.41) is 7.01. The molecule has 0 spiro atoms. The summed E-state index contributed by atoms with van der Waals surface area (Å²) in [5.74, 6) is 1.67. The Kier molecular flexibility index (Phi) is 5.76. The maximum absolute atomic E-state index is 5.91. The molecule has 2 aromatic heterocycles. The van der Waals surface area contributed by atoms with Crippen LogP contribution in [0.2, 0.25) is 5.02 Å². The van der Waals surface area contributed by atoms with E-state index in [1.54, 1.807) is 25.6 Å². The zero-order valence-corrected chi connectivity index (χ0v) is 17.3. The first-order valence-corrected chi connectivity index (χ1v) is 9.62. The number of nitrogens with one attached hydrogen (secondary N) is 2. The molecule has 2 N–H and O–H groups in total. The van der Waals surface area contributed by atoms with Gasteiger partial charge in [-0.25, -0.2) is 15.0 Å². The fourth-order valence-electron chi connectivity index (χ4n) is 2.88. The Bertz CT molecular complexity index is 1140. The fourth-order valence-corrected chi connectivity index (χ4v) is 3.01. The van der Waals surface area contributed by atoms with Gasteiger partial charge in [0.2, 0.25) is 11.9 Å². The van der Waals surface area contributed by atoms with Crippen molar-refractivity contribution in [2.75, 3.05) is 17.7 Å². The van der Waals surface area contributed by atoms with Gasteiger partial charge in [0, 0.05) is 23.5 Å². The van der Waals surface area contributed by atoms with Crippen LogP contribution in [0.1, 0.15) is 11.3 Å². The first-order chi connectivity index (χ1) is 14.6. The zero-order valence-electron chi connectivity index (χ0n) is 16.5. The maximum atomic E-state index is 5.91. The second-order valence-electron chi connectivity index (χ2n) is 6.55. The smallest absolute Gasteiger partial charge is 0.231 e. The van der Waals surface area contributed by atoms with Gasteiger partial charge in [0.1, 0.15) is 12.1 Å². The molecular weight excluding hydrogens is 402 g/mol. The van der Waals surface area contributed by atoms with E-state index in [2.05, 4.69) is 30.6 Å². The van der Waals surface area contributed by atoms with Crippen LogP contribution in [0.25, 0.3) is 5.69 Å². The van der Waals surface area contributed by atoms with E-state index in [9.17, 15) is 0 Å². The summed E-state index contributed by atoms with van der Waals surface area (Å²) >= 11 is 5.91. The Labute approximate surface area is 179 Å². The third kappa shape index (κ3) is 4.66. The van der Waals surface area contributed by atoms with Crippen molar-refractivity contribution < 1.29 is 4.74 Å². The Hall–Kier alpha value is -3.65. The highest BCUT2D eigenvalue weighted by Crippen LogP contribution is 2.25. The largest absolute Gasteiger partial charge is 0.495 e. The molecule has 30 heavy (non-hydrogen) atoms. The minimum atomic E-state index is 0.443. The van der Waals surface area contributed by atoms with Crippen LogP contribution < -0.4 is 15.4 Å². The van der Waals surface area contributed by atoms with E-state index in [-0.39, 0.29) is 0 Å². The molecule has 0 unspecified atom stereocenters. The number of aryl methyl sites for hydroxylation is 1. The van der Waals surface area contributed by atoms with E-state index in [1.807, 2.05) is 48.0 Å². The van der Waals surface area contributed by atoms with Crippen molar-refractivity contribution in [2.45, 2.75) is 13.5 Å². The second-order valence-corrected chi connectivity index (χ2v) is 6.98. The fraction of sp³-hybridized carbons (Fsp3) is 0.143. The average Bonchev–Trinajstić information content (AvgIpc) is 3.20. The van der Waals surface area contributed by atoms with Gasteiger partial charge < -0.3 is 19.9 Å². The van der Waals surface area contributed by atoms with Gasteiger partial charge in [-0.05, 0) is 48.9 Å². The van der Waals surface area contributed by atoms with Gasteiger partial charge in [-0.3, -0.25) is 0 Å². The summed E-state index contributed by atoms with van der Waals surface area (Å²) in [7, 11) is 1.65. The molecule has 0 amide bonds. The highest BCUT2D eigenvalue weighted by Gasteiger charge is 2.08. The Morgan fingerprint density at radius 1 is 1.03 bits per heavy atom. The molecule has 0 bridgehead atoms. The predicted molar refractivity (Wildman–Crippen MR) is 117 cm³/mol. The lowest BCUT2D eigenvalue weighted by Gasteiger charge is -2.12. The van der Waals surface area contributed by atoms with Crippen LogP contribution in [0.15, 0.2) is 61.3 Å². The number of hydrogen-bond donors (Lipinski definition) is 2. The number of hydrogen-bond acceptors (Lipinski definition) is 7. The maximum Gasteiger partial charge on any atom is 0.231 e. The van der Waals surface area contributed by atoms with Crippen LogP contribution in [0.4, 0.5) is 17.6 Å². The van der Waals surface area contributed by atoms with Crippen LogP contribution >= 0.6 is 11.6 Å². The average molecular weight is 422 g/mol. The molecule has 0 fully saturated rings. The van der Waals surface area contributed by atoms with Gasteiger partial charge in [-0.15, -0.1) is 0 Å². The van der Waals surface area contributed by atoms with Crippen LogP contribution in [-0.2, 0) is 6.54 Å². The molecule has 0 saturated heterocycles. The number of benzene rings is 2. The number of anilines is 3. The molecule has 2 heterocycles. The first-order valence-electron chi connectivity index (χ1n) is 9.24. The lowest BCUT2D eigenvalue weighted by Crippen LogP contribution is -2.07. The summed E-state index contributed by atoms with van der Waals surface area (Å²) in [6.45, 7) is 2.48. The van der Waals surface area contributed by atoms with Crippen molar-refractivity contribution >= 4 is 29.2 Å². The predicted octanol–water partition coefficient (Wildman–Crippen LogP) is 4.38. The van der Waals surface area contributed by atoms with E-state index in [0.717, 1.165) is 28.4 Å². The number of nitrogens with zero attached hydrogens (tertiary/aromatic N) is 5. The molecule has 9 heteroatoms. The Morgan fingerprint density at radius 3 is 2.57 bits per heavy atom. The molecule has 4 aromatic rings. The van der Waals surface area contributed by atoms with Crippen LogP contribution in [0, 0.1) is 6.92 Å². The van der Waals surface area contributed by atoms with E-state index in [4.69, 9.17) is 16.3 Å². The number of rotatable bonds is 7. The molecular formula is C21H20ClN7O. The van der Waals surface area contributed by atoms with E-state index in [0.29, 0.717) is 23.5 Å². The van der Waals surface area contributed by atoms with Crippen molar-refractivity contribution in [3.8, 4) is 11.4 Å². The third-order valence-corrected chi connectivity index (χ3v) is 4.61. The van der Waals surface area contributed by atoms with Gasteiger partial charge in [0.05, 0.1) is 24.8 Å². The highest BCUT2D eigenvalue weighted by atomic mass is 35.5. The minimum Gasteiger partial charge on any atom is -0.495 e. The summed E-state index contributed by atoms with van der Waals surface area (Å²) in [5.41, 5.74) is 3.74. The summed E-state index contributed by atoms with van der Waals surface area (Å²) in [6.07, 6.45) is 5.18. The molecule has 0 aliphatic carbocycles. The van der Waals surface area contributed by atoms with E-state index in [1.165, 1.54) is 6.33 Å². The van der Waals surface area contributed by atoms with Gasteiger partial charge >= 0.3 is 0 Å². The third-order valence-electron chi connectivity index (χ3n) is 4.36. The standard InChI is InChI=1S/C21H20ClN7O/c1-14-11-29(13-26-14)18-8-3-15(9-19(18)30-2)10-23-20-24-12-25-21(28-20)27-17-6-4-16(22)5-7-17/h3-9,11-13H,10H2,1-2H3,(H2,23,24,25,27,28). The molecule has 0 aliphatic heterocycles. The van der Waals surface area contributed by atoms with Crippen molar-refractivity contribution in [1.82, 2.24) is 24.5 Å². The number of aromatic nitrogens is 5. The number of ether oxygens (including phenoxy) is 1. The van der Waals surface area contributed by atoms with Crippen LogP contribution in [0.5, 0.6) is 5.75 Å². The first kappa shape index (κ1) is 19.7. The van der Waals surface area contributed by atoms with Gasteiger partial charge in [0.25, 0.3) is 0 Å². The molecule has 0 atom stereocenters. The second kappa shape index (κ2) is 8.79. The Balaban J connectivity index is 1.45. The number of methoxy groups -OCH3 is 1. The van der Waals surface area contributed by atoms with Crippen molar-refractivity contribution in [1.29, 1.82) is 0 Å². The van der Waals surface area contributed by atoms with Gasteiger partial charge in [0.15, 0.2) is 0 Å². The molecule has 152 valence electrons. The van der Waals surface area contributed by atoms with Crippen LogP contribution in [0.3, 0.4) is 0 Å². The van der Waals surface area contributed by atoms with Crippen molar-refractivity contribution in [3.63, 3.8) is 0 Å². The quantitative estimate of drug-likeness (QED) is 0.457. The molecule has 0 radical (unpaired) electrons. The lowest BCUT2D eigenvalue weighted by atomic mass is 10.2. The van der Waals surface area contributed by atoms with Gasteiger partial charge in [-0.2, -0.15) is 4.98 Å². The van der Waals surface area contributed by atoms with Crippen molar-refractivity contribution in [2.24, 2.45) is 0 Å². The topological polar surface area (TPSA) is 89.8 Å². The van der Waals surface area contributed by atoms with E-state index < -0.39 is 0 Å². The summed E-state index contributed by atoms with van der Waals surface area (Å²) in [4.78, 5) is 17.0. The van der Waals surface area contributed by atoms with Gasteiger partial charge in [-0.1, -0.05) is 17.7 Å². The summed E-state index contributed by atoms with van der Waals surface area (Å²) < 4.78 is 7.50. The van der Waals surface area contributed by atoms with Crippen LogP contribution in [-0.4, -0.2) is 31.6 Å². The molecule has 8 nitrogen and oxygen atoms in total. The minimum absolute atomic E-state index is 0.443. The summed E-state index contributed by atoms with van der Waals surface area (Å²) in [6, 6.07) is 13.3. The lowest BCUT2D eigenvalue weighted by molar-refractivity contribution is 0.412. The normalized spacial score (nSPS) is 10.6. The SMILES string of the molecule is COc1cc(CNc2ncnc(Nc3ccc(Cl)cc3)n2)ccc1-n1cnc(C)c1. The van der Waals surface area contributed by atoms with E-state index >= 15 is 0 Å². The van der Waals surface area contributed by atoms with Crippen molar-refractivity contribution in [3.05, 3.63) is 77.6 Å². The molecule has 2 aromatic carbocycles. The molecule has 0 aliphatic rings. The molecule has 4 rings (SSSR count). The zero-order chi connectivity index (χ0) is 20.9. The monoisotopic (exact) mass is 421 g/mol.